The Morgan fingerprint density at radius 1 is 1.26 bits per heavy atom. The summed E-state index contributed by atoms with van der Waals surface area (Å²) in [5.74, 6) is -1.22. The highest BCUT2D eigenvalue weighted by molar-refractivity contribution is 9.10. The Labute approximate surface area is 168 Å². The van der Waals surface area contributed by atoms with Crippen molar-refractivity contribution in [2.75, 3.05) is 13.7 Å². The largest absolute Gasteiger partial charge is 0.394 e. The Hall–Kier alpha value is -1.49. The molecule has 0 aliphatic rings. The van der Waals surface area contributed by atoms with Crippen molar-refractivity contribution < 1.29 is 30.0 Å². The van der Waals surface area contributed by atoms with Gasteiger partial charge in [0.05, 0.1) is 11.6 Å². The minimum Gasteiger partial charge on any atom is -0.394 e. The number of Topliss-reactive ketones (excluding diaryl/α,β-unsaturated/α-hetero) is 1. The highest BCUT2D eigenvalue weighted by atomic mass is 79.9. The van der Waals surface area contributed by atoms with Gasteiger partial charge in [-0.2, -0.15) is 0 Å². The zero-order chi connectivity index (χ0) is 20.5. The second-order valence-electron chi connectivity index (χ2n) is 6.16. The van der Waals surface area contributed by atoms with Crippen LogP contribution in [0.4, 0.5) is 0 Å². The molecule has 0 fully saturated rings. The van der Waals surface area contributed by atoms with E-state index in [1.807, 2.05) is 0 Å². The quantitative estimate of drug-likeness (QED) is 0.384. The minimum absolute atomic E-state index is 0.110. The summed E-state index contributed by atoms with van der Waals surface area (Å²) in [6.45, 7) is 0.370. The molecule has 0 aliphatic heterocycles. The van der Waals surface area contributed by atoms with Gasteiger partial charge in [-0.15, -0.1) is 0 Å². The third-order valence-corrected chi connectivity index (χ3v) is 5.72. The molecule has 0 aliphatic carbocycles. The van der Waals surface area contributed by atoms with Crippen molar-refractivity contribution in [1.82, 2.24) is 9.88 Å². The van der Waals surface area contributed by atoms with Gasteiger partial charge in [0.15, 0.2) is 5.78 Å². The maximum atomic E-state index is 13.2. The van der Waals surface area contributed by atoms with Gasteiger partial charge < -0.3 is 30.3 Å². The summed E-state index contributed by atoms with van der Waals surface area (Å²) in [6, 6.07) is 1.89. The van der Waals surface area contributed by atoms with Crippen LogP contribution in [0.25, 0.3) is 10.9 Å². The third kappa shape index (κ3) is 4.18. The van der Waals surface area contributed by atoms with Gasteiger partial charge in [0, 0.05) is 41.1 Å². The Morgan fingerprint density at radius 2 is 1.89 bits per heavy atom. The van der Waals surface area contributed by atoms with Crippen LogP contribution in [0.3, 0.4) is 0 Å². The smallest absolute Gasteiger partial charge is 0.219 e. The number of rotatable bonds is 7. The molecular weight excluding hydrogens is 444 g/mol. The number of halogens is 2. The number of aliphatic hydroxyl groups is 4. The second-order valence-corrected chi connectivity index (χ2v) is 7.39. The number of aromatic amines is 1. The van der Waals surface area contributed by atoms with Gasteiger partial charge in [-0.05, 0) is 28.1 Å². The molecule has 1 aromatic heterocycles. The highest BCUT2D eigenvalue weighted by Gasteiger charge is 2.40. The molecule has 2 aromatic rings. The number of aromatic nitrogens is 1. The van der Waals surface area contributed by atoms with Crippen molar-refractivity contribution in [3.8, 4) is 0 Å². The lowest BCUT2D eigenvalue weighted by molar-refractivity contribution is -0.135. The summed E-state index contributed by atoms with van der Waals surface area (Å²) in [5.41, 5.74) is 0.681. The van der Waals surface area contributed by atoms with Crippen molar-refractivity contribution in [3.63, 3.8) is 0 Å². The maximum Gasteiger partial charge on any atom is 0.219 e. The van der Waals surface area contributed by atoms with Crippen LogP contribution in [0.1, 0.15) is 17.3 Å². The van der Waals surface area contributed by atoms with Crippen molar-refractivity contribution >= 4 is 50.1 Å². The van der Waals surface area contributed by atoms with Crippen LogP contribution in [0.2, 0.25) is 5.02 Å². The molecule has 5 N–H and O–H groups in total. The lowest BCUT2D eigenvalue weighted by atomic mass is 9.92. The van der Waals surface area contributed by atoms with Crippen molar-refractivity contribution in [3.05, 3.63) is 33.4 Å². The summed E-state index contributed by atoms with van der Waals surface area (Å²) in [4.78, 5) is 28.9. The molecule has 0 radical (unpaired) electrons. The molecule has 0 spiro atoms. The first-order chi connectivity index (χ1) is 12.6. The SMILES string of the molecule is CC(=O)N(C)[C@@H](C(=O)c1c[nH]c2ccc(Br)c(Cl)c12)[C@@H](O)[C@H](O)[C@H](O)CO. The molecule has 27 heavy (non-hydrogen) atoms. The van der Waals surface area contributed by atoms with Crippen LogP contribution >= 0.6 is 27.5 Å². The number of likely N-dealkylation sites (N-methyl/N-ethyl adjacent to an activating group) is 1. The number of carbonyl (C=O) groups is 2. The first kappa shape index (κ1) is 21.8. The number of nitrogens with zero attached hydrogens (tertiary/aromatic N) is 1. The van der Waals surface area contributed by atoms with Crippen LogP contribution in [0.15, 0.2) is 22.8 Å². The third-order valence-electron chi connectivity index (χ3n) is 4.44. The molecule has 0 bridgehead atoms. The van der Waals surface area contributed by atoms with Gasteiger partial charge >= 0.3 is 0 Å². The van der Waals surface area contributed by atoms with E-state index in [2.05, 4.69) is 20.9 Å². The molecule has 0 saturated carbocycles. The first-order valence-electron chi connectivity index (χ1n) is 7.99. The monoisotopic (exact) mass is 462 g/mol. The van der Waals surface area contributed by atoms with Crippen molar-refractivity contribution in [2.45, 2.75) is 31.3 Å². The number of carbonyl (C=O) groups excluding carboxylic acids is 2. The fourth-order valence-electron chi connectivity index (χ4n) is 2.79. The summed E-state index contributed by atoms with van der Waals surface area (Å²) in [6.07, 6.45) is -3.98. The highest BCUT2D eigenvalue weighted by Crippen LogP contribution is 2.34. The second kappa shape index (κ2) is 8.68. The number of ketones is 1. The van der Waals surface area contributed by atoms with Gasteiger partial charge in [-0.1, -0.05) is 11.6 Å². The van der Waals surface area contributed by atoms with Crippen LogP contribution in [0.5, 0.6) is 0 Å². The average Bonchev–Trinajstić information content (AvgIpc) is 3.07. The summed E-state index contributed by atoms with van der Waals surface area (Å²) < 4.78 is 0.554. The first-order valence-corrected chi connectivity index (χ1v) is 9.16. The van der Waals surface area contributed by atoms with Crippen LogP contribution in [-0.2, 0) is 4.79 Å². The Morgan fingerprint density at radius 3 is 2.44 bits per heavy atom. The van der Waals surface area contributed by atoms with E-state index >= 15 is 0 Å². The number of nitrogens with one attached hydrogen (secondary N) is 1. The summed E-state index contributed by atoms with van der Waals surface area (Å²) in [7, 11) is 1.29. The fraction of sp³-hybridized carbons (Fsp3) is 0.412. The van der Waals surface area contributed by atoms with Crippen molar-refractivity contribution in [1.29, 1.82) is 0 Å². The molecule has 0 unspecified atom stereocenters. The van der Waals surface area contributed by atoms with Gasteiger partial charge in [0.2, 0.25) is 5.91 Å². The van der Waals surface area contributed by atoms with Crippen LogP contribution < -0.4 is 0 Å². The Balaban J connectivity index is 2.55. The molecule has 8 nitrogen and oxygen atoms in total. The van der Waals surface area contributed by atoms with E-state index in [-0.39, 0.29) is 10.6 Å². The summed E-state index contributed by atoms with van der Waals surface area (Å²) >= 11 is 9.58. The van der Waals surface area contributed by atoms with Gasteiger partial charge in [-0.25, -0.2) is 0 Å². The predicted molar refractivity (Wildman–Crippen MR) is 103 cm³/mol. The standard InChI is InChI=1S/C17H20BrClN2O6/c1-7(23)21(2)14(17(27)16(26)11(24)6-22)15(25)8-5-20-10-4-3-9(18)13(19)12(8)10/h3-5,11,14,16-17,20,22,24,26-27H,6H2,1-2H3/t11-,14+,16-,17-/m1/s1. The van der Waals surface area contributed by atoms with E-state index in [1.165, 1.54) is 20.2 Å². The topological polar surface area (TPSA) is 134 Å². The zero-order valence-electron chi connectivity index (χ0n) is 14.6. The maximum absolute atomic E-state index is 13.2. The number of hydrogen-bond acceptors (Lipinski definition) is 6. The Bertz CT molecular complexity index is 857. The van der Waals surface area contributed by atoms with E-state index in [9.17, 15) is 24.9 Å². The van der Waals surface area contributed by atoms with Crippen molar-refractivity contribution in [2.24, 2.45) is 0 Å². The summed E-state index contributed by atoms with van der Waals surface area (Å²) in [5, 5.41) is 39.8. The molecule has 1 aromatic carbocycles. The van der Waals surface area contributed by atoms with E-state index in [0.29, 0.717) is 15.4 Å². The predicted octanol–water partition coefficient (Wildman–Crippen LogP) is 0.688. The molecule has 10 heteroatoms. The molecule has 0 saturated heterocycles. The van der Waals surface area contributed by atoms with Crippen LogP contribution in [-0.4, -0.2) is 80.0 Å². The minimum atomic E-state index is -1.85. The zero-order valence-corrected chi connectivity index (χ0v) is 16.9. The van der Waals surface area contributed by atoms with E-state index in [1.54, 1.807) is 12.1 Å². The number of amides is 1. The molecule has 4 atom stereocenters. The number of H-pyrrole nitrogens is 1. The van der Waals surface area contributed by atoms with Crippen LogP contribution in [0, 0.1) is 0 Å². The molecule has 1 amide bonds. The number of fused-ring (bicyclic) bond motifs is 1. The van der Waals surface area contributed by atoms with E-state index in [0.717, 1.165) is 4.90 Å². The average molecular weight is 464 g/mol. The lowest BCUT2D eigenvalue weighted by Crippen LogP contribution is -2.56. The molecular formula is C17H20BrClN2O6. The Kier molecular flexibility index (Phi) is 7.01. The lowest BCUT2D eigenvalue weighted by Gasteiger charge is -2.33. The number of hydrogen-bond donors (Lipinski definition) is 5. The number of benzene rings is 1. The van der Waals surface area contributed by atoms with E-state index in [4.69, 9.17) is 16.7 Å². The van der Waals surface area contributed by atoms with Gasteiger partial charge in [0.1, 0.15) is 24.4 Å². The van der Waals surface area contributed by atoms with E-state index < -0.39 is 42.7 Å². The molecule has 148 valence electrons. The van der Waals surface area contributed by atoms with Gasteiger partial charge in [0.25, 0.3) is 0 Å². The number of aliphatic hydroxyl groups excluding tert-OH is 4. The molecule has 1 heterocycles. The normalized spacial score (nSPS) is 16.0. The van der Waals surface area contributed by atoms with Gasteiger partial charge in [-0.3, -0.25) is 9.59 Å². The fourth-order valence-corrected chi connectivity index (χ4v) is 3.39. The molecule has 2 rings (SSSR count).